The van der Waals surface area contributed by atoms with E-state index in [1.807, 2.05) is 6.07 Å². The van der Waals surface area contributed by atoms with Gasteiger partial charge in [-0.05, 0) is 71.5 Å². The van der Waals surface area contributed by atoms with Crippen LogP contribution >= 0.6 is 0 Å². The molecule has 1 aliphatic heterocycles. The van der Waals surface area contributed by atoms with Gasteiger partial charge in [0.1, 0.15) is 5.78 Å². The molecular weight excluding hydrogens is 471 g/mol. The number of hydrogen-bond donors (Lipinski definition) is 0. The number of carbonyl (C=O) groups excluding carboxylic acids is 2. The number of fused-ring (bicyclic) bond motifs is 1. The Morgan fingerprint density at radius 2 is 1.67 bits per heavy atom. The third kappa shape index (κ3) is 4.43. The number of carbonyl (C=O) groups is 2. The molecule has 1 heterocycles. The molecule has 5 rings (SSSR count). The number of alkyl halides is 3. The molecule has 0 radical (unpaired) electrons. The predicted octanol–water partition coefficient (Wildman–Crippen LogP) is 5.65. The second-order valence-electron chi connectivity index (χ2n) is 9.45. The average molecular weight is 495 g/mol. The number of benzene rings is 3. The molecule has 2 aliphatic rings. The Balaban J connectivity index is 1.48. The summed E-state index contributed by atoms with van der Waals surface area (Å²) in [4.78, 5) is 27.2. The lowest BCUT2D eigenvalue weighted by Crippen LogP contribution is -2.23. The Bertz CT molecular complexity index is 1360. The largest absolute Gasteiger partial charge is 0.454 e. The number of ketones is 1. The Labute approximate surface area is 206 Å². The Hall–Kier alpha value is -3.81. The molecule has 8 heteroatoms. The summed E-state index contributed by atoms with van der Waals surface area (Å²) >= 11 is 0. The Morgan fingerprint density at radius 3 is 2.36 bits per heavy atom. The van der Waals surface area contributed by atoms with Crippen LogP contribution in [0.1, 0.15) is 39.9 Å². The second kappa shape index (κ2) is 8.69. The van der Waals surface area contributed by atoms with Crippen LogP contribution in [0.4, 0.5) is 13.2 Å². The number of halogens is 3. The van der Waals surface area contributed by atoms with Gasteiger partial charge < -0.3 is 14.4 Å². The topological polar surface area (TPSA) is 55.8 Å². The maximum absolute atomic E-state index is 13.8. The summed E-state index contributed by atoms with van der Waals surface area (Å²) in [5.41, 5.74) is 0.647. The molecule has 0 saturated heterocycles. The first kappa shape index (κ1) is 23.9. The molecule has 36 heavy (non-hydrogen) atoms. The predicted molar refractivity (Wildman–Crippen MR) is 127 cm³/mol. The minimum Gasteiger partial charge on any atom is -0.454 e. The van der Waals surface area contributed by atoms with Gasteiger partial charge in [0, 0.05) is 26.1 Å². The lowest BCUT2D eigenvalue weighted by atomic mass is 9.86. The van der Waals surface area contributed by atoms with Crippen LogP contribution in [0.2, 0.25) is 0 Å². The van der Waals surface area contributed by atoms with Crippen molar-refractivity contribution >= 4 is 11.7 Å². The van der Waals surface area contributed by atoms with E-state index in [1.165, 1.54) is 4.90 Å². The van der Waals surface area contributed by atoms with E-state index < -0.39 is 17.2 Å². The summed E-state index contributed by atoms with van der Waals surface area (Å²) < 4.78 is 52.1. The molecular formula is C28H24F3NO4. The lowest BCUT2D eigenvalue weighted by molar-refractivity contribution is -0.137. The molecule has 3 aromatic carbocycles. The van der Waals surface area contributed by atoms with Crippen LogP contribution in [0.25, 0.3) is 11.1 Å². The molecule has 0 bridgehead atoms. The fourth-order valence-electron chi connectivity index (χ4n) is 4.62. The minimum atomic E-state index is -4.58. The maximum atomic E-state index is 13.8. The quantitative estimate of drug-likeness (QED) is 0.444. The molecule has 0 atom stereocenters. The molecule has 1 aliphatic carbocycles. The van der Waals surface area contributed by atoms with Crippen LogP contribution in [-0.4, -0.2) is 37.5 Å². The van der Waals surface area contributed by atoms with Crippen LogP contribution in [-0.2, 0) is 22.8 Å². The van der Waals surface area contributed by atoms with Gasteiger partial charge in [-0.25, -0.2) is 0 Å². The zero-order chi connectivity index (χ0) is 25.7. The highest BCUT2D eigenvalue weighted by Crippen LogP contribution is 2.51. The van der Waals surface area contributed by atoms with Crippen LogP contribution < -0.4 is 9.47 Å². The van der Waals surface area contributed by atoms with Gasteiger partial charge in [-0.3, -0.25) is 9.59 Å². The van der Waals surface area contributed by atoms with E-state index in [-0.39, 0.29) is 30.5 Å². The van der Waals surface area contributed by atoms with Crippen molar-refractivity contribution < 1.29 is 32.2 Å². The standard InChI is InChI=1S/C28H24F3NO4/c1-32(2)26(34)19-5-3-4-18(13-19)20-10-17(11-22(14-20)28(29,30)31)12-25(33)27(8-9-27)21-6-7-23-24(15-21)36-16-35-23/h3-7,10-11,13-15H,8-9,12,16H2,1-2H3. The summed E-state index contributed by atoms with van der Waals surface area (Å²) in [6.45, 7) is 0.119. The van der Waals surface area contributed by atoms with Crippen molar-refractivity contribution in [3.63, 3.8) is 0 Å². The first-order valence-corrected chi connectivity index (χ1v) is 11.5. The SMILES string of the molecule is CN(C)C(=O)c1cccc(-c2cc(CC(=O)C3(c4ccc5c(c4)OCO5)CC3)cc(C(F)(F)F)c2)c1. The van der Waals surface area contributed by atoms with Gasteiger partial charge in [-0.2, -0.15) is 13.2 Å². The second-order valence-corrected chi connectivity index (χ2v) is 9.45. The number of nitrogens with zero attached hydrogens (tertiary/aromatic N) is 1. The van der Waals surface area contributed by atoms with E-state index in [0.717, 1.165) is 17.7 Å². The zero-order valence-corrected chi connectivity index (χ0v) is 19.8. The lowest BCUT2D eigenvalue weighted by Gasteiger charge is -2.17. The summed E-state index contributed by atoms with van der Waals surface area (Å²) in [6.07, 6.45) is -3.46. The van der Waals surface area contributed by atoms with Gasteiger partial charge >= 0.3 is 6.18 Å². The van der Waals surface area contributed by atoms with Gasteiger partial charge in [-0.1, -0.05) is 24.3 Å². The van der Waals surface area contributed by atoms with E-state index in [9.17, 15) is 22.8 Å². The summed E-state index contributed by atoms with van der Waals surface area (Å²) in [6, 6.07) is 15.5. The third-order valence-corrected chi connectivity index (χ3v) is 6.74. The highest BCUT2D eigenvalue weighted by Gasteiger charge is 2.51. The Kier molecular flexibility index (Phi) is 5.77. The fraction of sp³-hybridized carbons (Fsp3) is 0.286. The van der Waals surface area contributed by atoms with Gasteiger partial charge in [0.15, 0.2) is 11.5 Å². The van der Waals surface area contributed by atoms with Crippen LogP contribution in [0, 0.1) is 0 Å². The van der Waals surface area contributed by atoms with Gasteiger partial charge in [0.05, 0.1) is 11.0 Å². The van der Waals surface area contributed by atoms with Crippen molar-refractivity contribution in [1.82, 2.24) is 4.90 Å². The van der Waals surface area contributed by atoms with Gasteiger partial charge in [0.25, 0.3) is 5.91 Å². The van der Waals surface area contributed by atoms with Crippen molar-refractivity contribution in [2.24, 2.45) is 0 Å². The zero-order valence-electron chi connectivity index (χ0n) is 19.8. The average Bonchev–Trinajstić information content (AvgIpc) is 3.53. The minimum absolute atomic E-state index is 0.119. The van der Waals surface area contributed by atoms with Crippen molar-refractivity contribution in [2.45, 2.75) is 30.9 Å². The monoisotopic (exact) mass is 495 g/mol. The summed E-state index contributed by atoms with van der Waals surface area (Å²) in [5.74, 6) is 0.793. The van der Waals surface area contributed by atoms with E-state index in [4.69, 9.17) is 9.47 Å². The van der Waals surface area contributed by atoms with Crippen molar-refractivity contribution in [1.29, 1.82) is 0 Å². The fourth-order valence-corrected chi connectivity index (χ4v) is 4.62. The normalized spacial score (nSPS) is 15.5. The highest BCUT2D eigenvalue weighted by molar-refractivity contribution is 5.96. The van der Waals surface area contributed by atoms with Crippen LogP contribution in [0.3, 0.4) is 0 Å². The van der Waals surface area contributed by atoms with Crippen molar-refractivity contribution in [3.05, 3.63) is 82.9 Å². The Morgan fingerprint density at radius 1 is 0.917 bits per heavy atom. The maximum Gasteiger partial charge on any atom is 0.416 e. The molecule has 0 aromatic heterocycles. The van der Waals surface area contributed by atoms with Crippen molar-refractivity contribution in [3.8, 4) is 22.6 Å². The van der Waals surface area contributed by atoms with E-state index in [0.29, 0.717) is 41.0 Å². The van der Waals surface area contributed by atoms with Crippen molar-refractivity contribution in [2.75, 3.05) is 20.9 Å². The first-order valence-electron chi connectivity index (χ1n) is 11.5. The summed E-state index contributed by atoms with van der Waals surface area (Å²) in [7, 11) is 3.22. The number of Topliss-reactive ketones (excluding diaryl/α,β-unsaturated/α-hetero) is 1. The number of hydrogen-bond acceptors (Lipinski definition) is 4. The summed E-state index contributed by atoms with van der Waals surface area (Å²) in [5, 5.41) is 0. The molecule has 0 spiro atoms. The van der Waals surface area contributed by atoms with E-state index in [2.05, 4.69) is 0 Å². The molecule has 0 N–H and O–H groups in total. The highest BCUT2D eigenvalue weighted by atomic mass is 19.4. The van der Waals surface area contributed by atoms with Gasteiger partial charge in [0.2, 0.25) is 6.79 Å². The van der Waals surface area contributed by atoms with E-state index >= 15 is 0 Å². The smallest absolute Gasteiger partial charge is 0.416 e. The molecule has 0 unspecified atom stereocenters. The first-order chi connectivity index (χ1) is 17.1. The number of amides is 1. The molecule has 1 amide bonds. The van der Waals surface area contributed by atoms with Gasteiger partial charge in [-0.15, -0.1) is 0 Å². The molecule has 186 valence electrons. The van der Waals surface area contributed by atoms with Crippen LogP contribution in [0.5, 0.6) is 11.5 Å². The third-order valence-electron chi connectivity index (χ3n) is 6.74. The molecule has 3 aromatic rings. The number of rotatable bonds is 6. The molecule has 1 saturated carbocycles. The molecule has 5 nitrogen and oxygen atoms in total. The molecule has 1 fully saturated rings. The van der Waals surface area contributed by atoms with E-state index in [1.54, 1.807) is 56.6 Å². The number of ether oxygens (including phenoxy) is 2. The van der Waals surface area contributed by atoms with Crippen LogP contribution in [0.15, 0.2) is 60.7 Å².